The van der Waals surface area contributed by atoms with Crippen molar-refractivity contribution in [2.24, 2.45) is 22.2 Å². The molecule has 2 aromatic carbocycles. The van der Waals surface area contributed by atoms with Gasteiger partial charge in [-0.2, -0.15) is 11.8 Å². The van der Waals surface area contributed by atoms with Crippen LogP contribution in [0.4, 0.5) is 0 Å². The fourth-order valence-corrected chi connectivity index (χ4v) is 5.25. The number of hydrogen-bond donors (Lipinski definition) is 8. The predicted molar refractivity (Wildman–Crippen MR) is 176 cm³/mol. The van der Waals surface area contributed by atoms with Gasteiger partial charge in [0.1, 0.15) is 18.1 Å². The second kappa shape index (κ2) is 17.7. The minimum Gasteiger partial charge on any atom is -0.480 e. The molecule has 242 valence electrons. The Labute approximate surface area is 266 Å². The molecule has 3 amide bonds. The van der Waals surface area contributed by atoms with E-state index in [1.165, 1.54) is 11.8 Å². The van der Waals surface area contributed by atoms with E-state index in [0.29, 0.717) is 12.2 Å². The van der Waals surface area contributed by atoms with Gasteiger partial charge in [-0.05, 0) is 54.9 Å². The summed E-state index contributed by atoms with van der Waals surface area (Å²) in [6, 6.07) is 12.5. The average Bonchev–Trinajstić information content (AvgIpc) is 3.42. The maximum Gasteiger partial charge on any atom is 0.326 e. The number of H-pyrrole nitrogens is 1. The number of guanidine groups is 1. The molecule has 0 spiro atoms. The second-order valence-corrected chi connectivity index (χ2v) is 11.6. The van der Waals surface area contributed by atoms with Crippen molar-refractivity contribution in [2.75, 3.05) is 18.6 Å². The van der Waals surface area contributed by atoms with Crippen LogP contribution in [0.15, 0.2) is 65.8 Å². The zero-order chi connectivity index (χ0) is 32.8. The molecule has 0 aliphatic heterocycles. The summed E-state index contributed by atoms with van der Waals surface area (Å²) in [5.74, 6) is -2.60. The number of amides is 3. The monoisotopic (exact) mass is 638 g/mol. The number of carbonyl (C=O) groups is 4. The van der Waals surface area contributed by atoms with Crippen LogP contribution in [0.25, 0.3) is 10.9 Å². The van der Waals surface area contributed by atoms with Crippen molar-refractivity contribution in [1.29, 1.82) is 0 Å². The van der Waals surface area contributed by atoms with Gasteiger partial charge >= 0.3 is 5.97 Å². The fraction of sp³-hybridized carbons (Fsp3) is 0.387. The maximum atomic E-state index is 13.7. The average molecular weight is 639 g/mol. The molecule has 4 unspecified atom stereocenters. The summed E-state index contributed by atoms with van der Waals surface area (Å²) in [6.45, 7) is 0.198. The molecule has 0 aliphatic carbocycles. The lowest BCUT2D eigenvalue weighted by Gasteiger charge is -2.25. The number of benzene rings is 2. The highest BCUT2D eigenvalue weighted by molar-refractivity contribution is 7.98. The summed E-state index contributed by atoms with van der Waals surface area (Å²) in [7, 11) is 0. The van der Waals surface area contributed by atoms with Crippen molar-refractivity contribution in [3.63, 3.8) is 0 Å². The number of aliphatic carboxylic acids is 1. The Balaban J connectivity index is 1.78. The summed E-state index contributed by atoms with van der Waals surface area (Å²) in [5, 5.41) is 18.6. The van der Waals surface area contributed by atoms with E-state index in [0.717, 1.165) is 22.0 Å². The molecule has 3 rings (SSSR count). The van der Waals surface area contributed by atoms with E-state index >= 15 is 0 Å². The van der Waals surface area contributed by atoms with Crippen LogP contribution in [0.3, 0.4) is 0 Å². The summed E-state index contributed by atoms with van der Waals surface area (Å²) < 4.78 is 0. The van der Waals surface area contributed by atoms with Crippen LogP contribution >= 0.6 is 11.8 Å². The minimum absolute atomic E-state index is 0.113. The van der Waals surface area contributed by atoms with E-state index in [1.54, 1.807) is 6.20 Å². The smallest absolute Gasteiger partial charge is 0.326 e. The van der Waals surface area contributed by atoms with Crippen molar-refractivity contribution in [1.82, 2.24) is 20.9 Å². The van der Waals surface area contributed by atoms with Crippen LogP contribution in [0.1, 0.15) is 30.4 Å². The molecular weight excluding hydrogens is 596 g/mol. The zero-order valence-electron chi connectivity index (χ0n) is 25.2. The van der Waals surface area contributed by atoms with Gasteiger partial charge in [0.15, 0.2) is 5.96 Å². The lowest BCUT2D eigenvalue weighted by atomic mass is 10.0. The number of hydrogen-bond acceptors (Lipinski definition) is 7. The SMILES string of the molecule is CSCCC(NC(=O)C(CCCN=C(N)N)NC(=O)C(Cc1ccccc1)NC(=O)C(N)Cc1c[nH]c2ccccc12)C(=O)O. The first-order chi connectivity index (χ1) is 21.6. The number of carboxylic acid groups (broad SMARTS) is 1. The quantitative estimate of drug-likeness (QED) is 0.0554. The number of nitrogens with zero attached hydrogens (tertiary/aromatic N) is 1. The number of aliphatic imine (C=N–C) groups is 1. The van der Waals surface area contributed by atoms with E-state index in [1.807, 2.05) is 60.9 Å². The molecule has 0 radical (unpaired) electrons. The van der Waals surface area contributed by atoms with Crippen LogP contribution in [0, 0.1) is 0 Å². The third-order valence-electron chi connectivity index (χ3n) is 7.17. The first-order valence-electron chi connectivity index (χ1n) is 14.6. The summed E-state index contributed by atoms with van der Waals surface area (Å²) >= 11 is 1.45. The minimum atomic E-state index is -1.18. The molecular formula is C31H42N8O5S. The normalized spacial score (nSPS) is 13.6. The van der Waals surface area contributed by atoms with Crippen molar-refractivity contribution < 1.29 is 24.3 Å². The summed E-state index contributed by atoms with van der Waals surface area (Å²) in [5.41, 5.74) is 19.7. The number of aromatic nitrogens is 1. The highest BCUT2D eigenvalue weighted by atomic mass is 32.2. The van der Waals surface area contributed by atoms with E-state index in [-0.39, 0.29) is 38.2 Å². The maximum absolute atomic E-state index is 13.7. The highest BCUT2D eigenvalue weighted by Gasteiger charge is 2.30. The lowest BCUT2D eigenvalue weighted by Crippen LogP contribution is -2.57. The van der Waals surface area contributed by atoms with Crippen LogP contribution in [-0.2, 0) is 32.0 Å². The Morgan fingerprint density at radius 3 is 2.20 bits per heavy atom. The number of carboxylic acids is 1. The largest absolute Gasteiger partial charge is 0.480 e. The fourth-order valence-electron chi connectivity index (χ4n) is 4.78. The van der Waals surface area contributed by atoms with Crippen LogP contribution in [0.5, 0.6) is 0 Å². The Morgan fingerprint density at radius 2 is 1.51 bits per heavy atom. The van der Waals surface area contributed by atoms with Gasteiger partial charge in [-0.25, -0.2) is 4.79 Å². The number of para-hydroxylation sites is 1. The molecule has 0 aliphatic rings. The molecule has 14 heteroatoms. The first kappa shape index (κ1) is 34.9. The number of nitrogens with one attached hydrogen (secondary N) is 4. The van der Waals surface area contributed by atoms with Gasteiger partial charge in [-0.3, -0.25) is 19.4 Å². The zero-order valence-corrected chi connectivity index (χ0v) is 26.0. The number of thioether (sulfide) groups is 1. The van der Waals surface area contributed by atoms with Gasteiger partial charge in [0, 0.05) is 30.1 Å². The van der Waals surface area contributed by atoms with E-state index in [4.69, 9.17) is 17.2 Å². The molecule has 45 heavy (non-hydrogen) atoms. The predicted octanol–water partition coefficient (Wildman–Crippen LogP) is 0.626. The Bertz CT molecular complexity index is 1460. The van der Waals surface area contributed by atoms with Crippen molar-refractivity contribution in [2.45, 2.75) is 56.3 Å². The van der Waals surface area contributed by atoms with Crippen molar-refractivity contribution in [3.8, 4) is 0 Å². The Hall–Kier alpha value is -4.56. The van der Waals surface area contributed by atoms with Gasteiger partial charge in [-0.1, -0.05) is 48.5 Å². The van der Waals surface area contributed by atoms with Gasteiger partial charge in [0.05, 0.1) is 6.04 Å². The molecule has 4 atom stereocenters. The molecule has 0 saturated carbocycles. The number of fused-ring (bicyclic) bond motifs is 1. The first-order valence-corrected chi connectivity index (χ1v) is 16.0. The second-order valence-electron chi connectivity index (χ2n) is 10.6. The number of carbonyl (C=O) groups excluding carboxylic acids is 3. The summed E-state index contributed by atoms with van der Waals surface area (Å²) in [6.07, 6.45) is 4.66. The molecule has 11 N–H and O–H groups in total. The van der Waals surface area contributed by atoms with E-state index in [2.05, 4.69) is 25.9 Å². The molecule has 3 aromatic rings. The van der Waals surface area contributed by atoms with Gasteiger partial charge in [0.2, 0.25) is 17.7 Å². The molecule has 1 heterocycles. The third kappa shape index (κ3) is 11.1. The summed E-state index contributed by atoms with van der Waals surface area (Å²) in [4.78, 5) is 59.2. The number of nitrogens with two attached hydrogens (primary N) is 3. The van der Waals surface area contributed by atoms with Gasteiger partial charge < -0.3 is 43.2 Å². The third-order valence-corrected chi connectivity index (χ3v) is 7.81. The Morgan fingerprint density at radius 1 is 0.867 bits per heavy atom. The molecule has 13 nitrogen and oxygen atoms in total. The lowest BCUT2D eigenvalue weighted by molar-refractivity contribution is -0.142. The van der Waals surface area contributed by atoms with Crippen LogP contribution in [0.2, 0.25) is 0 Å². The Kier molecular flexibility index (Phi) is 13.7. The van der Waals surface area contributed by atoms with Crippen molar-refractivity contribution >= 4 is 52.3 Å². The molecule has 0 bridgehead atoms. The van der Waals surface area contributed by atoms with Gasteiger partial charge in [-0.15, -0.1) is 0 Å². The number of aromatic amines is 1. The van der Waals surface area contributed by atoms with Crippen molar-refractivity contribution in [3.05, 3.63) is 71.9 Å². The van der Waals surface area contributed by atoms with E-state index in [9.17, 15) is 24.3 Å². The van der Waals surface area contributed by atoms with Gasteiger partial charge in [0.25, 0.3) is 0 Å². The molecule has 0 saturated heterocycles. The van der Waals surface area contributed by atoms with Crippen LogP contribution in [-0.4, -0.2) is 82.5 Å². The topological polar surface area (TPSA) is 231 Å². The standard InChI is InChI=1S/C31H42N8O5S/c1-45-15-13-25(30(43)44)38-28(41)24(12-7-14-35-31(33)34)37-29(42)26(16-19-8-3-2-4-9-19)39-27(40)22(32)17-20-18-36-23-11-6-5-10-21(20)23/h2-6,8-11,18,22,24-26,36H,7,12-17,32H2,1H3,(H,37,42)(H,38,41)(H,39,40)(H,43,44)(H4,33,34,35). The highest BCUT2D eigenvalue weighted by Crippen LogP contribution is 2.19. The van der Waals surface area contributed by atoms with Crippen LogP contribution < -0.4 is 33.2 Å². The van der Waals surface area contributed by atoms with E-state index < -0.39 is 47.9 Å². The molecule has 1 aromatic heterocycles. The molecule has 0 fully saturated rings. The number of rotatable bonds is 18.